The Morgan fingerprint density at radius 1 is 1.02 bits per heavy atom. The quantitative estimate of drug-likeness (QED) is 0.233. The summed E-state index contributed by atoms with van der Waals surface area (Å²) < 4.78 is 38.8. The molecule has 2 unspecified atom stereocenters. The first-order valence-corrected chi connectivity index (χ1v) is 14.8. The number of benzene rings is 2. The Kier molecular flexibility index (Phi) is 7.86. The Morgan fingerprint density at radius 3 is 2.51 bits per heavy atom. The van der Waals surface area contributed by atoms with Crippen LogP contribution < -0.4 is 5.73 Å². The third-order valence-corrected chi connectivity index (χ3v) is 8.61. The molecule has 1 fully saturated rings. The minimum atomic E-state index is -2.35. The fraction of sp³-hybridized carbons (Fsp3) is 0.290. The number of likely N-dealkylation sites (tertiary alicyclic amines) is 1. The molecule has 2 aliphatic rings. The van der Waals surface area contributed by atoms with Gasteiger partial charge in [-0.25, -0.2) is 4.98 Å². The zero-order valence-electron chi connectivity index (χ0n) is 22.8. The lowest BCUT2D eigenvalue weighted by Gasteiger charge is -2.38. The Balaban J connectivity index is 1.34. The lowest BCUT2D eigenvalue weighted by Crippen LogP contribution is -2.38. The first-order valence-electron chi connectivity index (χ1n) is 13.7. The maximum atomic E-state index is 12.3. The van der Waals surface area contributed by atoms with Crippen LogP contribution in [0.4, 0.5) is 5.69 Å². The summed E-state index contributed by atoms with van der Waals surface area (Å²) in [4.78, 5) is 11.7. The van der Waals surface area contributed by atoms with Gasteiger partial charge in [-0.2, -0.15) is 0 Å². The third kappa shape index (κ3) is 5.63. The molecule has 0 aliphatic carbocycles. The van der Waals surface area contributed by atoms with E-state index in [2.05, 4.69) is 12.1 Å². The molecule has 2 aromatic heterocycles. The van der Waals surface area contributed by atoms with Gasteiger partial charge in [-0.05, 0) is 54.6 Å². The molecule has 0 amide bonds. The molecule has 4 aromatic rings. The molecule has 2 atom stereocenters. The molecule has 4 heterocycles. The number of anilines is 1. The van der Waals surface area contributed by atoms with E-state index in [9.17, 15) is 8.76 Å². The molecule has 2 aliphatic heterocycles. The average molecular weight is 571 g/mol. The summed E-state index contributed by atoms with van der Waals surface area (Å²) >= 11 is -2.35. The van der Waals surface area contributed by atoms with Crippen molar-refractivity contribution in [2.75, 3.05) is 25.6 Å². The zero-order valence-corrected chi connectivity index (χ0v) is 23.6. The van der Waals surface area contributed by atoms with Crippen LogP contribution in [-0.4, -0.2) is 48.1 Å². The van der Waals surface area contributed by atoms with E-state index in [0.29, 0.717) is 36.6 Å². The van der Waals surface area contributed by atoms with Crippen molar-refractivity contribution in [1.82, 2.24) is 19.4 Å². The van der Waals surface area contributed by atoms with E-state index < -0.39 is 16.5 Å². The average Bonchev–Trinajstić information content (AvgIpc) is 3.62. The number of hydrogen-bond acceptors (Lipinski definition) is 8. The summed E-state index contributed by atoms with van der Waals surface area (Å²) in [6, 6.07) is 23.2. The summed E-state index contributed by atoms with van der Waals surface area (Å²) in [6.45, 7) is 3.25. The molecule has 41 heavy (non-hydrogen) atoms. The lowest BCUT2D eigenvalue weighted by molar-refractivity contribution is 0.0820. The van der Waals surface area contributed by atoms with Gasteiger partial charge in [0.25, 0.3) is 0 Å². The van der Waals surface area contributed by atoms with Crippen LogP contribution in [0.2, 0.25) is 0 Å². The number of ether oxygens (including phenoxy) is 2. The predicted octanol–water partition coefficient (Wildman–Crippen LogP) is 4.97. The van der Waals surface area contributed by atoms with Crippen molar-refractivity contribution in [3.8, 4) is 11.4 Å². The Bertz CT molecular complexity index is 1580. The summed E-state index contributed by atoms with van der Waals surface area (Å²) in [5.74, 6) is 2.29. The molecule has 10 heteroatoms. The maximum absolute atomic E-state index is 12.3. The van der Waals surface area contributed by atoms with Gasteiger partial charge in [0.2, 0.25) is 12.7 Å². The van der Waals surface area contributed by atoms with Crippen LogP contribution >= 0.6 is 0 Å². The van der Waals surface area contributed by atoms with E-state index in [1.54, 1.807) is 12.1 Å². The third-order valence-electron chi connectivity index (χ3n) is 7.69. The van der Waals surface area contributed by atoms with Crippen molar-refractivity contribution < 1.29 is 18.2 Å². The first kappa shape index (κ1) is 27.2. The summed E-state index contributed by atoms with van der Waals surface area (Å²) in [5.41, 5.74) is 10.9. The minimum Gasteiger partial charge on any atom is -0.771 e. The lowest BCUT2D eigenvalue weighted by atomic mass is 9.95. The van der Waals surface area contributed by atoms with Crippen molar-refractivity contribution >= 4 is 22.7 Å². The highest BCUT2D eigenvalue weighted by atomic mass is 32.2. The Labute approximate surface area is 241 Å². The molecular formula is C31H32N5O4S-. The number of nitrogen functional groups attached to an aromatic ring is 1. The minimum absolute atomic E-state index is 0.0772. The molecule has 0 spiro atoms. The zero-order chi connectivity index (χ0) is 28.3. The van der Waals surface area contributed by atoms with E-state index in [-0.39, 0.29) is 12.7 Å². The van der Waals surface area contributed by atoms with E-state index in [4.69, 9.17) is 25.2 Å². The van der Waals surface area contributed by atoms with Crippen LogP contribution in [0, 0.1) is 6.92 Å². The van der Waals surface area contributed by atoms with Gasteiger partial charge in [0.1, 0.15) is 11.2 Å². The van der Waals surface area contributed by atoms with Crippen LogP contribution in [-0.2, 0) is 27.0 Å². The number of piperidine rings is 1. The topological polar surface area (TPSA) is 119 Å². The van der Waals surface area contributed by atoms with E-state index in [1.807, 2.05) is 71.1 Å². The number of aromatic nitrogens is 3. The van der Waals surface area contributed by atoms with Crippen LogP contribution in [0.3, 0.4) is 0 Å². The SMILES string of the molecule is Cc1cccc(-c2cnc(C3CCN(C(c4ccccc4N)S(=O)[O-])CC3)n2C2=C(Cc3ccccc3)OCO2)n1. The second kappa shape index (κ2) is 11.9. The fourth-order valence-electron chi connectivity index (χ4n) is 5.68. The normalized spacial score (nSPS) is 17.7. The highest BCUT2D eigenvalue weighted by molar-refractivity contribution is 7.79. The molecule has 0 saturated carbocycles. The molecule has 0 radical (unpaired) electrons. The van der Waals surface area contributed by atoms with Crippen molar-refractivity contribution in [2.24, 2.45) is 0 Å². The summed E-state index contributed by atoms with van der Waals surface area (Å²) in [5, 5.41) is -0.796. The van der Waals surface area contributed by atoms with Crippen molar-refractivity contribution in [1.29, 1.82) is 0 Å². The number of nitrogens with zero attached hydrogens (tertiary/aromatic N) is 4. The van der Waals surface area contributed by atoms with Gasteiger partial charge in [-0.1, -0.05) is 54.6 Å². The molecule has 1 saturated heterocycles. The fourth-order valence-corrected chi connectivity index (χ4v) is 6.56. The number of imidazole rings is 1. The van der Waals surface area contributed by atoms with Crippen LogP contribution in [0.15, 0.2) is 84.8 Å². The summed E-state index contributed by atoms with van der Waals surface area (Å²) in [7, 11) is 0. The van der Waals surface area contributed by atoms with Crippen LogP contribution in [0.1, 0.15) is 46.8 Å². The van der Waals surface area contributed by atoms with Crippen molar-refractivity contribution in [2.45, 2.75) is 37.5 Å². The number of rotatable bonds is 8. The molecule has 212 valence electrons. The van der Waals surface area contributed by atoms with Gasteiger partial charge in [0.15, 0.2) is 5.76 Å². The monoisotopic (exact) mass is 570 g/mol. The largest absolute Gasteiger partial charge is 0.771 e. The second-order valence-corrected chi connectivity index (χ2v) is 11.3. The van der Waals surface area contributed by atoms with Crippen LogP contribution in [0.5, 0.6) is 0 Å². The highest BCUT2D eigenvalue weighted by Crippen LogP contribution is 2.38. The number of allylic oxidation sites excluding steroid dienone is 1. The molecule has 2 aromatic carbocycles. The molecule has 9 nitrogen and oxygen atoms in total. The number of aryl methyl sites for hydroxylation is 1. The smallest absolute Gasteiger partial charge is 0.242 e. The molecule has 2 N–H and O–H groups in total. The number of para-hydroxylation sites is 1. The number of hydrogen-bond donors (Lipinski definition) is 1. The van der Waals surface area contributed by atoms with Gasteiger partial charge in [-0.3, -0.25) is 18.7 Å². The maximum Gasteiger partial charge on any atom is 0.242 e. The Morgan fingerprint density at radius 2 is 1.78 bits per heavy atom. The van der Waals surface area contributed by atoms with E-state index in [1.165, 1.54) is 0 Å². The van der Waals surface area contributed by atoms with Gasteiger partial charge >= 0.3 is 0 Å². The molecular weight excluding hydrogens is 538 g/mol. The molecule has 0 bridgehead atoms. The molecule has 6 rings (SSSR count). The summed E-state index contributed by atoms with van der Waals surface area (Å²) in [6.07, 6.45) is 3.88. The first-order chi connectivity index (χ1) is 20.0. The number of nitrogens with two attached hydrogens (primary N) is 1. The van der Waals surface area contributed by atoms with Crippen LogP contribution in [0.25, 0.3) is 17.3 Å². The van der Waals surface area contributed by atoms with Gasteiger partial charge in [0, 0.05) is 42.4 Å². The standard InChI is InChI=1S/C31H33N5O4S/c1-21-8-7-13-26(34-21)27-19-33-29(36(27)30-28(39-20-40-30)18-22-9-3-2-4-10-22)23-14-16-35(17-15-23)31(41(37)38)24-11-5-6-12-25(24)32/h2-13,19,23,31H,14-18,20,32H2,1H3,(H,37,38)/p-1. The van der Waals surface area contributed by atoms with Crippen molar-refractivity contribution in [3.05, 3.63) is 107 Å². The Hall–Kier alpha value is -3.99. The van der Waals surface area contributed by atoms with Crippen molar-refractivity contribution in [3.63, 3.8) is 0 Å². The second-order valence-electron chi connectivity index (χ2n) is 10.4. The van der Waals surface area contributed by atoms with Gasteiger partial charge < -0.3 is 19.8 Å². The highest BCUT2D eigenvalue weighted by Gasteiger charge is 2.33. The van der Waals surface area contributed by atoms with E-state index in [0.717, 1.165) is 47.1 Å². The van der Waals surface area contributed by atoms with E-state index >= 15 is 0 Å². The predicted molar refractivity (Wildman–Crippen MR) is 157 cm³/mol. The van der Waals surface area contributed by atoms with Gasteiger partial charge in [0.05, 0.1) is 17.6 Å². The number of pyridine rings is 1. The van der Waals surface area contributed by atoms with Gasteiger partial charge in [-0.15, -0.1) is 0 Å².